The lowest BCUT2D eigenvalue weighted by molar-refractivity contribution is -0.117. The summed E-state index contributed by atoms with van der Waals surface area (Å²) in [6, 6.07) is 0.760. The molecule has 1 aromatic rings. The van der Waals surface area contributed by atoms with Crippen LogP contribution < -0.4 is 11.1 Å². The van der Waals surface area contributed by atoms with Crippen LogP contribution >= 0.6 is 23.2 Å². The summed E-state index contributed by atoms with van der Waals surface area (Å²) in [6.45, 7) is 1.56. The van der Waals surface area contributed by atoms with Crippen molar-refractivity contribution in [3.8, 4) is 0 Å². The minimum absolute atomic E-state index is 0.0301. The first-order chi connectivity index (χ1) is 6.49. The molecule has 0 saturated heterocycles. The van der Waals surface area contributed by atoms with Crippen molar-refractivity contribution in [2.75, 3.05) is 5.32 Å². The van der Waals surface area contributed by atoms with E-state index in [-0.39, 0.29) is 22.2 Å². The number of aromatic nitrogens is 2. The summed E-state index contributed by atoms with van der Waals surface area (Å²) >= 11 is 11.1. The van der Waals surface area contributed by atoms with E-state index in [0.717, 1.165) is 0 Å². The largest absolute Gasteiger partial charge is 0.320 e. The molecule has 1 aromatic heterocycles. The SMILES string of the molecule is CC(N)C(=O)Nc1cc(Cl)nc(Cl)n1. The van der Waals surface area contributed by atoms with Crippen LogP contribution in [0.5, 0.6) is 0 Å². The third kappa shape index (κ3) is 3.10. The van der Waals surface area contributed by atoms with Gasteiger partial charge in [0.25, 0.3) is 0 Å². The zero-order valence-electron chi connectivity index (χ0n) is 7.29. The molecular weight excluding hydrogens is 227 g/mol. The van der Waals surface area contributed by atoms with E-state index in [4.69, 9.17) is 28.9 Å². The fourth-order valence-corrected chi connectivity index (χ4v) is 1.10. The molecule has 0 spiro atoms. The second-order valence-corrected chi connectivity index (χ2v) is 3.35. The normalized spacial score (nSPS) is 12.3. The number of nitrogens with zero attached hydrogens (tertiary/aromatic N) is 2. The lowest BCUT2D eigenvalue weighted by Crippen LogP contribution is -2.32. The Kier molecular flexibility index (Phi) is 3.62. The second-order valence-electron chi connectivity index (χ2n) is 2.62. The van der Waals surface area contributed by atoms with E-state index in [1.807, 2.05) is 0 Å². The van der Waals surface area contributed by atoms with Gasteiger partial charge < -0.3 is 11.1 Å². The molecule has 1 heterocycles. The quantitative estimate of drug-likeness (QED) is 0.593. The second kappa shape index (κ2) is 4.54. The van der Waals surface area contributed by atoms with Crippen molar-refractivity contribution in [1.29, 1.82) is 0 Å². The summed E-state index contributed by atoms with van der Waals surface area (Å²) in [6.07, 6.45) is 0. The maximum absolute atomic E-state index is 11.2. The van der Waals surface area contributed by atoms with Crippen LogP contribution in [0.2, 0.25) is 10.4 Å². The van der Waals surface area contributed by atoms with Gasteiger partial charge in [-0.3, -0.25) is 4.79 Å². The van der Waals surface area contributed by atoms with Crippen molar-refractivity contribution >= 4 is 34.9 Å². The van der Waals surface area contributed by atoms with Crippen molar-refractivity contribution in [2.24, 2.45) is 5.73 Å². The van der Waals surface area contributed by atoms with Crippen LogP contribution in [0.15, 0.2) is 6.07 Å². The highest BCUT2D eigenvalue weighted by atomic mass is 35.5. The van der Waals surface area contributed by atoms with E-state index in [9.17, 15) is 4.79 Å². The van der Waals surface area contributed by atoms with Crippen LogP contribution in [-0.4, -0.2) is 21.9 Å². The fraction of sp³-hybridized carbons (Fsp3) is 0.286. The molecule has 1 amide bonds. The molecule has 0 aliphatic carbocycles. The number of amides is 1. The number of nitrogens with two attached hydrogens (primary N) is 1. The minimum atomic E-state index is -0.623. The Bertz CT molecular complexity index is 335. The molecule has 0 fully saturated rings. The molecule has 1 rings (SSSR count). The highest BCUT2D eigenvalue weighted by Crippen LogP contribution is 2.14. The number of nitrogens with one attached hydrogen (secondary N) is 1. The molecular formula is C7H8Cl2N4O. The van der Waals surface area contributed by atoms with Crippen LogP contribution in [0, 0.1) is 0 Å². The highest BCUT2D eigenvalue weighted by Gasteiger charge is 2.09. The van der Waals surface area contributed by atoms with Crippen molar-refractivity contribution in [3.05, 3.63) is 16.5 Å². The number of hydrogen-bond acceptors (Lipinski definition) is 4. The van der Waals surface area contributed by atoms with Gasteiger partial charge in [-0.2, -0.15) is 0 Å². The Balaban J connectivity index is 2.82. The molecule has 5 nitrogen and oxygen atoms in total. The van der Waals surface area contributed by atoms with Crippen molar-refractivity contribution in [2.45, 2.75) is 13.0 Å². The topological polar surface area (TPSA) is 80.9 Å². The smallest absolute Gasteiger partial charge is 0.242 e. The van der Waals surface area contributed by atoms with Gasteiger partial charge in [0.2, 0.25) is 11.2 Å². The standard InChI is InChI=1S/C7H8Cl2N4O/c1-3(10)6(14)12-5-2-4(8)11-7(9)13-5/h2-3H,10H2,1H3,(H,11,12,13,14). The zero-order chi connectivity index (χ0) is 10.7. The van der Waals surface area contributed by atoms with Crippen molar-refractivity contribution in [3.63, 3.8) is 0 Å². The molecule has 0 aromatic carbocycles. The van der Waals surface area contributed by atoms with E-state index in [0.29, 0.717) is 0 Å². The fourth-order valence-electron chi connectivity index (χ4n) is 0.694. The molecule has 3 N–H and O–H groups in total. The van der Waals surface area contributed by atoms with Gasteiger partial charge in [-0.1, -0.05) is 11.6 Å². The third-order valence-corrected chi connectivity index (χ3v) is 1.70. The van der Waals surface area contributed by atoms with Crippen LogP contribution in [-0.2, 0) is 4.79 Å². The van der Waals surface area contributed by atoms with E-state index in [2.05, 4.69) is 15.3 Å². The molecule has 7 heteroatoms. The summed E-state index contributed by atoms with van der Waals surface area (Å²) < 4.78 is 0. The molecule has 1 atom stereocenters. The molecule has 0 aliphatic rings. The molecule has 0 bridgehead atoms. The first kappa shape index (κ1) is 11.2. The van der Waals surface area contributed by atoms with Crippen LogP contribution in [0.1, 0.15) is 6.92 Å². The zero-order valence-corrected chi connectivity index (χ0v) is 8.80. The minimum Gasteiger partial charge on any atom is -0.320 e. The first-order valence-electron chi connectivity index (χ1n) is 3.75. The predicted octanol–water partition coefficient (Wildman–Crippen LogP) is 1.07. The molecule has 0 aliphatic heterocycles. The Morgan fingerprint density at radius 1 is 1.57 bits per heavy atom. The van der Waals surface area contributed by atoms with Gasteiger partial charge in [-0.05, 0) is 18.5 Å². The number of halogens is 2. The van der Waals surface area contributed by atoms with Crippen molar-refractivity contribution < 1.29 is 4.79 Å². The van der Waals surface area contributed by atoms with Gasteiger partial charge >= 0.3 is 0 Å². The predicted molar refractivity (Wildman–Crippen MR) is 54.3 cm³/mol. The van der Waals surface area contributed by atoms with Gasteiger partial charge in [0.15, 0.2) is 0 Å². The number of rotatable bonds is 2. The summed E-state index contributed by atoms with van der Waals surface area (Å²) in [4.78, 5) is 18.5. The number of carbonyl (C=O) groups is 1. The van der Waals surface area contributed by atoms with Gasteiger partial charge in [0.05, 0.1) is 6.04 Å². The summed E-state index contributed by atoms with van der Waals surface area (Å²) in [5, 5.41) is 2.57. The average Bonchev–Trinajstić information content (AvgIpc) is 2.01. The maximum atomic E-state index is 11.2. The lowest BCUT2D eigenvalue weighted by Gasteiger charge is -2.06. The summed E-state index contributed by atoms with van der Waals surface area (Å²) in [5.41, 5.74) is 5.34. The maximum Gasteiger partial charge on any atom is 0.242 e. The van der Waals surface area contributed by atoms with Crippen LogP contribution in [0.3, 0.4) is 0 Å². The van der Waals surface area contributed by atoms with E-state index < -0.39 is 6.04 Å². The Morgan fingerprint density at radius 2 is 2.21 bits per heavy atom. The Labute approximate surface area is 90.6 Å². The molecule has 1 unspecified atom stereocenters. The number of anilines is 1. The number of carbonyl (C=O) groups excluding carboxylic acids is 1. The van der Waals surface area contributed by atoms with E-state index >= 15 is 0 Å². The summed E-state index contributed by atoms with van der Waals surface area (Å²) in [5.74, 6) is -0.131. The Morgan fingerprint density at radius 3 is 2.71 bits per heavy atom. The Hall–Kier alpha value is -0.910. The molecule has 14 heavy (non-hydrogen) atoms. The third-order valence-electron chi connectivity index (χ3n) is 1.33. The van der Waals surface area contributed by atoms with Crippen molar-refractivity contribution in [1.82, 2.24) is 9.97 Å². The monoisotopic (exact) mass is 234 g/mol. The average molecular weight is 235 g/mol. The molecule has 76 valence electrons. The van der Waals surface area contributed by atoms with Crippen LogP contribution in [0.4, 0.5) is 5.82 Å². The molecule has 0 saturated carbocycles. The highest BCUT2D eigenvalue weighted by molar-refractivity contribution is 6.32. The van der Waals surface area contributed by atoms with Crippen LogP contribution in [0.25, 0.3) is 0 Å². The molecule has 0 radical (unpaired) electrons. The first-order valence-corrected chi connectivity index (χ1v) is 4.51. The number of hydrogen-bond donors (Lipinski definition) is 2. The lowest BCUT2D eigenvalue weighted by atomic mass is 10.3. The van der Waals surface area contributed by atoms with Gasteiger partial charge in [0.1, 0.15) is 11.0 Å². The van der Waals surface area contributed by atoms with Gasteiger partial charge in [0, 0.05) is 6.07 Å². The van der Waals surface area contributed by atoms with E-state index in [1.165, 1.54) is 6.07 Å². The summed E-state index contributed by atoms with van der Waals surface area (Å²) in [7, 11) is 0. The van der Waals surface area contributed by atoms with Gasteiger partial charge in [-0.15, -0.1) is 0 Å². The van der Waals surface area contributed by atoms with E-state index in [1.54, 1.807) is 6.92 Å². The van der Waals surface area contributed by atoms with Gasteiger partial charge in [-0.25, -0.2) is 9.97 Å².